The minimum Gasteiger partial charge on any atom is -0.108 e. The predicted octanol–water partition coefficient (Wildman–Crippen LogP) is 4.48. The van der Waals surface area contributed by atoms with Gasteiger partial charge in [-0.05, 0) is 25.0 Å². The molecule has 0 atom stereocenters. The lowest BCUT2D eigenvalue weighted by Crippen LogP contribution is -1.97. The molecule has 0 unspecified atom stereocenters. The van der Waals surface area contributed by atoms with E-state index in [9.17, 15) is 0 Å². The van der Waals surface area contributed by atoms with Crippen molar-refractivity contribution >= 4 is 39.3 Å². The Hall–Kier alpha value is 0.790. The number of thioether (sulfide) groups is 2. The number of rotatable bonds is 4. The molecule has 0 aliphatic heterocycles. The Morgan fingerprint density at radius 2 is 2.08 bits per heavy atom. The highest BCUT2D eigenvalue weighted by Crippen LogP contribution is 2.33. The zero-order valence-electron chi connectivity index (χ0n) is 8.25. The molecule has 0 aromatic carbocycles. The Morgan fingerprint density at radius 3 is 2.69 bits per heavy atom. The fraction of sp³-hybridized carbons (Fsp3) is 0.900. The van der Waals surface area contributed by atoms with E-state index in [2.05, 4.69) is 6.92 Å². The minimum absolute atomic E-state index is 0.849. The third-order valence-corrected chi connectivity index (χ3v) is 5.29. The highest BCUT2D eigenvalue weighted by Gasteiger charge is 2.17. The summed E-state index contributed by atoms with van der Waals surface area (Å²) in [6, 6.07) is 0. The van der Waals surface area contributed by atoms with Crippen LogP contribution >= 0.6 is 35.7 Å². The van der Waals surface area contributed by atoms with Crippen molar-refractivity contribution in [1.82, 2.24) is 0 Å². The number of thiocarbonyl (C=S) groups is 1. The monoisotopic (exact) mass is 234 g/mol. The Bertz CT molecular complexity index is 150. The molecule has 1 aliphatic rings. The molecule has 1 aliphatic carbocycles. The third-order valence-electron chi connectivity index (χ3n) is 2.28. The van der Waals surface area contributed by atoms with Gasteiger partial charge in [-0.2, -0.15) is 0 Å². The van der Waals surface area contributed by atoms with E-state index >= 15 is 0 Å². The van der Waals surface area contributed by atoms with E-state index in [4.69, 9.17) is 12.2 Å². The summed E-state index contributed by atoms with van der Waals surface area (Å²) in [5.74, 6) is 1.22. The number of hydrogen-bond acceptors (Lipinski definition) is 3. The normalized spacial score (nSPS) is 17.9. The van der Waals surface area contributed by atoms with Crippen LogP contribution in [0, 0.1) is 0 Å². The molecular formula is C10H18S3. The van der Waals surface area contributed by atoms with Crippen LogP contribution in [0.2, 0.25) is 0 Å². The van der Waals surface area contributed by atoms with Gasteiger partial charge in [0, 0.05) is 5.25 Å². The Kier molecular flexibility index (Phi) is 6.51. The van der Waals surface area contributed by atoms with Gasteiger partial charge in [0.15, 0.2) is 0 Å². The molecule has 0 saturated heterocycles. The lowest BCUT2D eigenvalue weighted by molar-refractivity contribution is 0.886. The maximum Gasteiger partial charge on any atom is 0.104 e. The van der Waals surface area contributed by atoms with Gasteiger partial charge in [0.25, 0.3) is 0 Å². The van der Waals surface area contributed by atoms with Crippen LogP contribution in [0.1, 0.15) is 45.4 Å². The lowest BCUT2D eigenvalue weighted by Gasteiger charge is -2.08. The topological polar surface area (TPSA) is 0 Å². The van der Waals surface area contributed by atoms with E-state index in [0.29, 0.717) is 0 Å². The van der Waals surface area contributed by atoms with Crippen LogP contribution in [0.15, 0.2) is 0 Å². The minimum atomic E-state index is 0.849. The molecule has 13 heavy (non-hydrogen) atoms. The van der Waals surface area contributed by atoms with Gasteiger partial charge >= 0.3 is 0 Å². The molecule has 0 nitrogen and oxygen atoms in total. The van der Waals surface area contributed by atoms with Gasteiger partial charge in [0.05, 0.1) is 0 Å². The van der Waals surface area contributed by atoms with Gasteiger partial charge < -0.3 is 0 Å². The standard InChI is InChI=1S/C10H18S3/c1-2-3-8-12-10(11)13-9-6-4-5-7-9/h9H,2-8H2,1H3. The van der Waals surface area contributed by atoms with Crippen molar-refractivity contribution in [3.8, 4) is 0 Å². The largest absolute Gasteiger partial charge is 0.108 e. The SMILES string of the molecule is CCCCSC(=S)SC1CCCC1. The van der Waals surface area contributed by atoms with Gasteiger partial charge in [-0.15, -0.1) is 23.5 Å². The maximum atomic E-state index is 5.33. The fourth-order valence-electron chi connectivity index (χ4n) is 1.48. The van der Waals surface area contributed by atoms with Gasteiger partial charge in [-0.3, -0.25) is 0 Å². The lowest BCUT2D eigenvalue weighted by atomic mass is 10.4. The van der Waals surface area contributed by atoms with E-state index < -0.39 is 0 Å². The highest BCUT2D eigenvalue weighted by molar-refractivity contribution is 8.47. The van der Waals surface area contributed by atoms with Crippen molar-refractivity contribution in [2.75, 3.05) is 5.75 Å². The summed E-state index contributed by atoms with van der Waals surface area (Å²) in [6.07, 6.45) is 8.19. The van der Waals surface area contributed by atoms with E-state index in [-0.39, 0.29) is 0 Å². The van der Waals surface area contributed by atoms with Crippen molar-refractivity contribution in [1.29, 1.82) is 0 Å². The van der Waals surface area contributed by atoms with Gasteiger partial charge in [0.2, 0.25) is 0 Å². The van der Waals surface area contributed by atoms with Crippen LogP contribution in [0.4, 0.5) is 0 Å². The summed E-state index contributed by atoms with van der Waals surface area (Å²) in [5.41, 5.74) is 0. The molecule has 0 N–H and O–H groups in total. The second-order valence-electron chi connectivity index (χ2n) is 3.48. The Balaban J connectivity index is 2.02. The van der Waals surface area contributed by atoms with Crippen molar-refractivity contribution in [3.05, 3.63) is 0 Å². The summed E-state index contributed by atoms with van der Waals surface area (Å²) >= 11 is 9.16. The summed E-state index contributed by atoms with van der Waals surface area (Å²) < 4.78 is 1.18. The fourth-order valence-corrected chi connectivity index (χ4v) is 4.51. The maximum absolute atomic E-state index is 5.33. The van der Waals surface area contributed by atoms with Crippen LogP contribution in [0.5, 0.6) is 0 Å². The molecule has 0 spiro atoms. The smallest absolute Gasteiger partial charge is 0.104 e. The molecule has 0 aromatic rings. The van der Waals surface area contributed by atoms with Crippen molar-refractivity contribution in [2.24, 2.45) is 0 Å². The molecular weight excluding hydrogens is 216 g/mol. The highest BCUT2D eigenvalue weighted by atomic mass is 32.2. The van der Waals surface area contributed by atoms with Gasteiger partial charge in [-0.1, -0.05) is 38.4 Å². The summed E-state index contributed by atoms with van der Waals surface area (Å²) in [5, 5.41) is 0.849. The van der Waals surface area contributed by atoms with Crippen molar-refractivity contribution in [3.63, 3.8) is 0 Å². The zero-order valence-corrected chi connectivity index (χ0v) is 10.7. The molecule has 0 amide bonds. The van der Waals surface area contributed by atoms with E-state index in [1.165, 1.54) is 47.8 Å². The number of unbranched alkanes of at least 4 members (excludes halogenated alkanes) is 1. The molecule has 76 valence electrons. The molecule has 1 rings (SSSR count). The number of hydrogen-bond donors (Lipinski definition) is 0. The summed E-state index contributed by atoms with van der Waals surface area (Å²) in [7, 11) is 0. The van der Waals surface area contributed by atoms with Crippen molar-refractivity contribution in [2.45, 2.75) is 50.7 Å². The summed E-state index contributed by atoms with van der Waals surface area (Å²) in [6.45, 7) is 2.23. The van der Waals surface area contributed by atoms with Crippen LogP contribution in [0.25, 0.3) is 0 Å². The van der Waals surface area contributed by atoms with E-state index in [1.54, 1.807) is 0 Å². The molecule has 0 radical (unpaired) electrons. The average molecular weight is 234 g/mol. The predicted molar refractivity (Wildman–Crippen MR) is 69.8 cm³/mol. The molecule has 0 heterocycles. The first-order valence-electron chi connectivity index (χ1n) is 5.16. The Morgan fingerprint density at radius 1 is 1.38 bits per heavy atom. The quantitative estimate of drug-likeness (QED) is 0.520. The average Bonchev–Trinajstić information content (AvgIpc) is 2.57. The third kappa shape index (κ3) is 5.28. The van der Waals surface area contributed by atoms with Crippen molar-refractivity contribution < 1.29 is 0 Å². The van der Waals surface area contributed by atoms with Crippen LogP contribution in [-0.4, -0.2) is 14.5 Å². The van der Waals surface area contributed by atoms with Gasteiger partial charge in [-0.25, -0.2) is 0 Å². The molecule has 1 saturated carbocycles. The molecule has 1 fully saturated rings. The first-order chi connectivity index (χ1) is 6.33. The second-order valence-corrected chi connectivity index (χ2v) is 7.08. The first-order valence-corrected chi connectivity index (χ1v) is 7.43. The molecule has 0 bridgehead atoms. The first kappa shape index (κ1) is 11.9. The van der Waals surface area contributed by atoms with Crippen LogP contribution in [0.3, 0.4) is 0 Å². The second kappa shape index (κ2) is 7.13. The zero-order chi connectivity index (χ0) is 9.52. The molecule has 0 aromatic heterocycles. The summed E-state index contributed by atoms with van der Waals surface area (Å²) in [4.78, 5) is 0. The Labute approximate surface area is 95.6 Å². The molecule has 3 heteroatoms. The van der Waals surface area contributed by atoms with E-state index in [1.807, 2.05) is 23.5 Å². The van der Waals surface area contributed by atoms with Crippen LogP contribution in [-0.2, 0) is 0 Å². The van der Waals surface area contributed by atoms with Gasteiger partial charge in [0.1, 0.15) is 3.53 Å². The van der Waals surface area contributed by atoms with Crippen LogP contribution < -0.4 is 0 Å². The van der Waals surface area contributed by atoms with E-state index in [0.717, 1.165) is 5.25 Å².